The molecule has 0 bridgehead atoms. The van der Waals surface area contributed by atoms with Crippen molar-refractivity contribution in [1.82, 2.24) is 0 Å². The van der Waals surface area contributed by atoms with Crippen molar-refractivity contribution in [3.8, 4) is 0 Å². The number of hydrogen-bond donors (Lipinski definition) is 0. The molecular weight excluding hydrogens is 913 g/mol. The van der Waals surface area contributed by atoms with Crippen LogP contribution >= 0.6 is 0 Å². The van der Waals surface area contributed by atoms with Gasteiger partial charge in [-0.2, -0.15) is 0 Å². The van der Waals surface area contributed by atoms with Crippen molar-refractivity contribution in [3.05, 3.63) is 122 Å². The predicted molar refractivity (Wildman–Crippen MR) is 320 cm³/mol. The summed E-state index contributed by atoms with van der Waals surface area (Å²) in [5.41, 5.74) is 0. The molecule has 1 unspecified atom stereocenters. The monoisotopic (exact) mass is 1020 g/mol. The van der Waals surface area contributed by atoms with E-state index in [2.05, 4.69) is 142 Å². The molecule has 0 aromatic heterocycles. The molecular formula is C68H112O6. The van der Waals surface area contributed by atoms with Crippen molar-refractivity contribution >= 4 is 17.9 Å². The normalized spacial score (nSPS) is 13.0. The summed E-state index contributed by atoms with van der Waals surface area (Å²) in [6.45, 7) is 6.45. The Kier molecular flexibility index (Phi) is 57.9. The van der Waals surface area contributed by atoms with E-state index in [1.54, 1.807) is 0 Å². The van der Waals surface area contributed by atoms with Gasteiger partial charge in [0.15, 0.2) is 6.10 Å². The first-order valence-corrected chi connectivity index (χ1v) is 30.5. The van der Waals surface area contributed by atoms with Crippen LogP contribution in [0.2, 0.25) is 0 Å². The number of esters is 3. The first-order valence-electron chi connectivity index (χ1n) is 30.5. The highest BCUT2D eigenvalue weighted by Crippen LogP contribution is 2.14. The van der Waals surface area contributed by atoms with E-state index >= 15 is 0 Å². The van der Waals surface area contributed by atoms with Crippen molar-refractivity contribution in [2.75, 3.05) is 13.2 Å². The number of ether oxygens (including phenoxy) is 3. The molecule has 0 N–H and O–H groups in total. The van der Waals surface area contributed by atoms with E-state index in [0.717, 1.165) is 148 Å². The van der Waals surface area contributed by atoms with E-state index in [1.165, 1.54) is 83.5 Å². The molecule has 6 nitrogen and oxygen atoms in total. The smallest absolute Gasteiger partial charge is 0.306 e. The van der Waals surface area contributed by atoms with Gasteiger partial charge in [0.05, 0.1) is 0 Å². The van der Waals surface area contributed by atoms with Gasteiger partial charge < -0.3 is 14.2 Å². The van der Waals surface area contributed by atoms with Gasteiger partial charge >= 0.3 is 17.9 Å². The molecule has 0 aromatic rings. The molecule has 0 aliphatic heterocycles. The molecule has 0 saturated carbocycles. The lowest BCUT2D eigenvalue weighted by Gasteiger charge is -2.18. The van der Waals surface area contributed by atoms with Crippen molar-refractivity contribution in [2.45, 2.75) is 277 Å². The van der Waals surface area contributed by atoms with Crippen LogP contribution < -0.4 is 0 Å². The Balaban J connectivity index is 4.47. The molecule has 0 saturated heterocycles. The summed E-state index contributed by atoms with van der Waals surface area (Å²) in [5.74, 6) is -0.955. The van der Waals surface area contributed by atoms with Crippen molar-refractivity contribution in [1.29, 1.82) is 0 Å². The van der Waals surface area contributed by atoms with Gasteiger partial charge in [0, 0.05) is 19.3 Å². The van der Waals surface area contributed by atoms with Crippen LogP contribution in [-0.2, 0) is 28.6 Å². The minimum Gasteiger partial charge on any atom is -0.462 e. The molecule has 1 atom stereocenters. The van der Waals surface area contributed by atoms with Crippen molar-refractivity contribution in [2.24, 2.45) is 0 Å². The van der Waals surface area contributed by atoms with Crippen LogP contribution in [-0.4, -0.2) is 37.2 Å². The second kappa shape index (κ2) is 61.4. The fourth-order valence-electron chi connectivity index (χ4n) is 8.09. The zero-order valence-corrected chi connectivity index (χ0v) is 48.1. The Labute approximate surface area is 456 Å². The number of rotatable bonds is 54. The quantitative estimate of drug-likeness (QED) is 0.0261. The highest BCUT2D eigenvalue weighted by molar-refractivity contribution is 5.71. The number of carbonyl (C=O) groups is 3. The molecule has 0 radical (unpaired) electrons. The van der Waals surface area contributed by atoms with Gasteiger partial charge in [0.25, 0.3) is 0 Å². The van der Waals surface area contributed by atoms with E-state index in [9.17, 15) is 14.4 Å². The van der Waals surface area contributed by atoms with Gasteiger partial charge in [0.1, 0.15) is 13.2 Å². The molecule has 0 rings (SSSR count). The van der Waals surface area contributed by atoms with Gasteiger partial charge in [-0.3, -0.25) is 14.4 Å². The second-order valence-corrected chi connectivity index (χ2v) is 19.9. The average Bonchev–Trinajstić information content (AvgIpc) is 3.40. The van der Waals surface area contributed by atoms with Gasteiger partial charge in [-0.1, -0.05) is 239 Å². The highest BCUT2D eigenvalue weighted by Gasteiger charge is 2.19. The Bertz CT molecular complexity index is 1550. The third kappa shape index (κ3) is 58.7. The predicted octanol–water partition coefficient (Wildman–Crippen LogP) is 20.8. The lowest BCUT2D eigenvalue weighted by Crippen LogP contribution is -2.30. The second-order valence-electron chi connectivity index (χ2n) is 19.9. The Morgan fingerprint density at radius 2 is 0.527 bits per heavy atom. The van der Waals surface area contributed by atoms with Crippen LogP contribution in [0.5, 0.6) is 0 Å². The molecule has 6 heteroatoms. The first kappa shape index (κ1) is 69.8. The summed E-state index contributed by atoms with van der Waals surface area (Å²) in [6.07, 6.45) is 84.7. The van der Waals surface area contributed by atoms with Crippen LogP contribution in [0.4, 0.5) is 0 Å². The van der Waals surface area contributed by atoms with E-state index in [4.69, 9.17) is 14.2 Å². The summed E-state index contributed by atoms with van der Waals surface area (Å²) >= 11 is 0. The van der Waals surface area contributed by atoms with Crippen LogP contribution in [0.15, 0.2) is 122 Å². The van der Waals surface area contributed by atoms with Gasteiger partial charge in [-0.25, -0.2) is 0 Å². The van der Waals surface area contributed by atoms with E-state index < -0.39 is 6.10 Å². The molecule has 0 aliphatic carbocycles. The van der Waals surface area contributed by atoms with Gasteiger partial charge in [0.2, 0.25) is 0 Å². The first-order chi connectivity index (χ1) is 36.5. The zero-order chi connectivity index (χ0) is 53.6. The molecule has 0 aromatic carbocycles. The molecule has 0 aliphatic rings. The average molecular weight is 1030 g/mol. The zero-order valence-electron chi connectivity index (χ0n) is 48.1. The van der Waals surface area contributed by atoms with Crippen molar-refractivity contribution < 1.29 is 28.6 Å². The molecule has 74 heavy (non-hydrogen) atoms. The van der Waals surface area contributed by atoms with Crippen molar-refractivity contribution in [3.63, 3.8) is 0 Å². The lowest BCUT2D eigenvalue weighted by molar-refractivity contribution is -0.167. The summed E-state index contributed by atoms with van der Waals surface area (Å²) in [5, 5.41) is 0. The van der Waals surface area contributed by atoms with Gasteiger partial charge in [-0.15, -0.1) is 0 Å². The summed E-state index contributed by atoms with van der Waals surface area (Å²) in [4.78, 5) is 38.2. The summed E-state index contributed by atoms with van der Waals surface area (Å²) < 4.78 is 16.9. The number of carbonyl (C=O) groups excluding carboxylic acids is 3. The third-order valence-corrected chi connectivity index (χ3v) is 12.7. The maximum atomic E-state index is 12.9. The molecule has 0 spiro atoms. The summed E-state index contributed by atoms with van der Waals surface area (Å²) in [7, 11) is 0. The van der Waals surface area contributed by atoms with Crippen LogP contribution in [0.3, 0.4) is 0 Å². The lowest BCUT2D eigenvalue weighted by atomic mass is 10.1. The van der Waals surface area contributed by atoms with Crippen LogP contribution in [0.1, 0.15) is 271 Å². The van der Waals surface area contributed by atoms with E-state index in [1.807, 2.05) is 0 Å². The standard InChI is InChI=1S/C68H112O6/c1-4-7-10-13-16-19-22-25-28-30-31-32-33-34-35-36-37-38-41-43-46-49-52-55-58-61-67(70)73-64-65(63-72-66(69)60-57-54-51-48-45-42-39-27-24-21-18-15-12-9-6-3)74-68(71)62-59-56-53-50-47-44-40-29-26-23-20-17-14-11-8-5-2/h7,10,16,18-19,21,25,27-29,31-32,34-35,37-40,43,46,65H,4-6,8-9,11-15,17,20,22-24,26,30,33,36,41-42,44-45,47-64H2,1-3H3/b10-7-,19-16-,21-18-,28-25-,32-31-,35-34-,38-37-,39-27-,40-29-,46-43-. The molecule has 0 amide bonds. The third-order valence-electron chi connectivity index (χ3n) is 12.7. The molecule has 420 valence electrons. The largest absolute Gasteiger partial charge is 0.462 e. The Morgan fingerprint density at radius 3 is 0.878 bits per heavy atom. The maximum Gasteiger partial charge on any atom is 0.306 e. The maximum absolute atomic E-state index is 12.9. The van der Waals surface area contributed by atoms with E-state index in [-0.39, 0.29) is 31.1 Å². The van der Waals surface area contributed by atoms with E-state index in [0.29, 0.717) is 19.3 Å². The SMILES string of the molecule is CC/C=C\C/C=C\C/C=C\C/C=C\C/C=C\C/C=C\C/C=C\CCCCCC(=O)OCC(COC(=O)CCCCCCC/C=C\C/C=C\CCCCC)OC(=O)CCCCCCC/C=C\CCCCCCCCC. The topological polar surface area (TPSA) is 78.9 Å². The minimum absolute atomic E-state index is 0.102. The Morgan fingerprint density at radius 1 is 0.284 bits per heavy atom. The minimum atomic E-state index is -0.806. The highest BCUT2D eigenvalue weighted by atomic mass is 16.6. The number of allylic oxidation sites excluding steroid dienone is 20. The fraction of sp³-hybridized carbons (Fsp3) is 0.662. The fourth-order valence-corrected chi connectivity index (χ4v) is 8.09. The van der Waals surface area contributed by atoms with Crippen LogP contribution in [0.25, 0.3) is 0 Å². The van der Waals surface area contributed by atoms with Crippen LogP contribution in [0, 0.1) is 0 Å². The summed E-state index contributed by atoms with van der Waals surface area (Å²) in [6, 6.07) is 0. The number of hydrogen-bond acceptors (Lipinski definition) is 6. The Hall–Kier alpha value is -4.19. The molecule has 0 fully saturated rings. The number of unbranched alkanes of at least 4 members (excludes halogenated alkanes) is 23. The van der Waals surface area contributed by atoms with Gasteiger partial charge in [-0.05, 0) is 135 Å². The molecule has 0 heterocycles.